The van der Waals surface area contributed by atoms with Gasteiger partial charge in [-0.15, -0.1) is 0 Å². The fourth-order valence-electron chi connectivity index (χ4n) is 4.19. The van der Waals surface area contributed by atoms with Crippen molar-refractivity contribution in [2.45, 2.75) is 50.7 Å². The van der Waals surface area contributed by atoms with E-state index in [0.29, 0.717) is 38.2 Å². The standard InChI is InChI=1S/C25H37N5O3/c1-20(21-8-5-4-6-9-21)16-23(31)29-14-10-25(33,11-15-29)18-30-19-27-22(17-24(30)32)26-12-7-13-28(2)3/h4-6,8-9,17,19-20,26,33H,7,10-16,18H2,1-3H3/t20-/m1/s1. The summed E-state index contributed by atoms with van der Waals surface area (Å²) in [6.45, 7) is 4.93. The van der Waals surface area contributed by atoms with Crippen LogP contribution in [0.1, 0.15) is 44.1 Å². The van der Waals surface area contributed by atoms with Crippen LogP contribution < -0.4 is 10.9 Å². The number of nitrogens with zero attached hydrogens (tertiary/aromatic N) is 4. The third-order valence-electron chi connectivity index (χ3n) is 6.33. The summed E-state index contributed by atoms with van der Waals surface area (Å²) in [7, 11) is 4.05. The van der Waals surface area contributed by atoms with Crippen LogP contribution in [0.5, 0.6) is 0 Å². The molecule has 0 aliphatic carbocycles. The highest BCUT2D eigenvalue weighted by atomic mass is 16.3. The van der Waals surface area contributed by atoms with E-state index in [4.69, 9.17) is 0 Å². The van der Waals surface area contributed by atoms with Crippen LogP contribution in [0, 0.1) is 0 Å². The Hall–Kier alpha value is -2.71. The van der Waals surface area contributed by atoms with Gasteiger partial charge in [-0.3, -0.25) is 14.2 Å². The Bertz CT molecular complexity index is 952. The molecular formula is C25H37N5O3. The second-order valence-electron chi connectivity index (χ2n) is 9.44. The van der Waals surface area contributed by atoms with Gasteiger partial charge < -0.3 is 20.2 Å². The number of likely N-dealkylation sites (tertiary alicyclic amines) is 1. The van der Waals surface area contributed by atoms with E-state index in [-0.39, 0.29) is 23.9 Å². The fraction of sp³-hybridized carbons (Fsp3) is 0.560. The first-order chi connectivity index (χ1) is 15.8. The van der Waals surface area contributed by atoms with Gasteiger partial charge in [0.15, 0.2) is 0 Å². The normalized spacial score (nSPS) is 16.6. The molecule has 0 bridgehead atoms. The molecule has 0 unspecified atom stereocenters. The van der Waals surface area contributed by atoms with Gasteiger partial charge >= 0.3 is 0 Å². The summed E-state index contributed by atoms with van der Waals surface area (Å²) < 4.78 is 1.46. The maximum Gasteiger partial charge on any atom is 0.255 e. The highest BCUT2D eigenvalue weighted by molar-refractivity contribution is 5.77. The summed E-state index contributed by atoms with van der Waals surface area (Å²) in [6, 6.07) is 11.5. The Morgan fingerprint density at radius 1 is 1.24 bits per heavy atom. The first kappa shape index (κ1) is 24.9. The van der Waals surface area contributed by atoms with Crippen LogP contribution in [0.4, 0.5) is 5.82 Å². The number of aromatic nitrogens is 2. The quantitative estimate of drug-likeness (QED) is 0.534. The van der Waals surface area contributed by atoms with Crippen molar-refractivity contribution < 1.29 is 9.90 Å². The van der Waals surface area contributed by atoms with Crippen LogP contribution in [-0.4, -0.2) is 76.2 Å². The maximum atomic E-state index is 12.8. The first-order valence-electron chi connectivity index (χ1n) is 11.8. The molecule has 1 aliphatic heterocycles. The summed E-state index contributed by atoms with van der Waals surface area (Å²) in [5.74, 6) is 0.811. The number of carbonyl (C=O) groups is 1. The third-order valence-corrected chi connectivity index (χ3v) is 6.33. The van der Waals surface area contributed by atoms with Crippen molar-refractivity contribution in [2.24, 2.45) is 0 Å². The number of nitrogens with one attached hydrogen (secondary N) is 1. The van der Waals surface area contributed by atoms with Crippen molar-refractivity contribution in [1.82, 2.24) is 19.4 Å². The van der Waals surface area contributed by atoms with Crippen molar-refractivity contribution >= 4 is 11.7 Å². The molecule has 2 aromatic rings. The minimum absolute atomic E-state index is 0.108. The van der Waals surface area contributed by atoms with Crippen LogP contribution in [-0.2, 0) is 11.3 Å². The zero-order chi connectivity index (χ0) is 23.8. The Balaban J connectivity index is 1.49. The molecule has 1 amide bonds. The predicted molar refractivity (Wildman–Crippen MR) is 130 cm³/mol. The number of benzene rings is 1. The molecule has 0 radical (unpaired) electrons. The van der Waals surface area contributed by atoms with Gasteiger partial charge in [0, 0.05) is 32.1 Å². The lowest BCUT2D eigenvalue weighted by Gasteiger charge is -2.38. The van der Waals surface area contributed by atoms with Gasteiger partial charge in [-0.2, -0.15) is 0 Å². The molecular weight excluding hydrogens is 418 g/mol. The van der Waals surface area contributed by atoms with E-state index in [1.807, 2.05) is 49.3 Å². The molecule has 1 saturated heterocycles. The lowest BCUT2D eigenvalue weighted by molar-refractivity contribution is -0.136. The van der Waals surface area contributed by atoms with Crippen LogP contribution in [0.3, 0.4) is 0 Å². The molecule has 0 spiro atoms. The lowest BCUT2D eigenvalue weighted by atomic mass is 9.90. The predicted octanol–water partition coefficient (Wildman–Crippen LogP) is 2.15. The van der Waals surface area contributed by atoms with Crippen LogP contribution in [0.2, 0.25) is 0 Å². The van der Waals surface area contributed by atoms with E-state index in [0.717, 1.165) is 25.1 Å². The van der Waals surface area contributed by atoms with Gasteiger partial charge in [0.1, 0.15) is 5.82 Å². The van der Waals surface area contributed by atoms with Gasteiger partial charge in [-0.05, 0) is 51.4 Å². The molecule has 8 nitrogen and oxygen atoms in total. The van der Waals surface area contributed by atoms with Crippen molar-refractivity contribution in [3.8, 4) is 0 Å². The molecule has 1 atom stereocenters. The smallest absolute Gasteiger partial charge is 0.255 e. The Labute approximate surface area is 196 Å². The number of hydrogen-bond acceptors (Lipinski definition) is 6. The molecule has 1 aromatic heterocycles. The molecule has 180 valence electrons. The highest BCUT2D eigenvalue weighted by Crippen LogP contribution is 2.26. The molecule has 1 aliphatic rings. The third kappa shape index (κ3) is 7.40. The van der Waals surface area contributed by atoms with E-state index in [2.05, 4.69) is 22.1 Å². The highest BCUT2D eigenvalue weighted by Gasteiger charge is 2.34. The Morgan fingerprint density at radius 3 is 2.58 bits per heavy atom. The zero-order valence-corrected chi connectivity index (χ0v) is 20.0. The summed E-state index contributed by atoms with van der Waals surface area (Å²) >= 11 is 0. The van der Waals surface area contributed by atoms with Crippen LogP contribution >= 0.6 is 0 Å². The van der Waals surface area contributed by atoms with E-state index >= 15 is 0 Å². The van der Waals surface area contributed by atoms with Gasteiger partial charge in [0.05, 0.1) is 18.5 Å². The summed E-state index contributed by atoms with van der Waals surface area (Å²) in [4.78, 5) is 33.5. The van der Waals surface area contributed by atoms with Crippen molar-refractivity contribution in [3.63, 3.8) is 0 Å². The Morgan fingerprint density at radius 2 is 1.94 bits per heavy atom. The van der Waals surface area contributed by atoms with E-state index in [9.17, 15) is 14.7 Å². The number of piperidine rings is 1. The van der Waals surface area contributed by atoms with Gasteiger partial charge in [-0.25, -0.2) is 4.98 Å². The SMILES string of the molecule is C[C@H](CC(=O)N1CCC(O)(Cn2cnc(NCCCN(C)C)cc2=O)CC1)c1ccccc1. The lowest BCUT2D eigenvalue weighted by Crippen LogP contribution is -2.49. The zero-order valence-electron chi connectivity index (χ0n) is 20.0. The number of anilines is 1. The van der Waals surface area contributed by atoms with Crippen molar-refractivity contribution in [1.29, 1.82) is 0 Å². The minimum Gasteiger partial charge on any atom is -0.388 e. The number of rotatable bonds is 10. The first-order valence-corrected chi connectivity index (χ1v) is 11.8. The average Bonchev–Trinajstić information content (AvgIpc) is 2.79. The van der Waals surface area contributed by atoms with Gasteiger partial charge in [0.25, 0.3) is 5.56 Å². The van der Waals surface area contributed by atoms with Crippen LogP contribution in [0.15, 0.2) is 47.5 Å². The van der Waals surface area contributed by atoms with E-state index in [1.165, 1.54) is 17.0 Å². The second-order valence-corrected chi connectivity index (χ2v) is 9.44. The molecule has 3 rings (SSSR count). The molecule has 8 heteroatoms. The van der Waals surface area contributed by atoms with Crippen molar-refractivity contribution in [2.75, 3.05) is 45.6 Å². The number of amides is 1. The fourth-order valence-corrected chi connectivity index (χ4v) is 4.19. The average molecular weight is 456 g/mol. The molecule has 33 heavy (non-hydrogen) atoms. The number of hydrogen-bond donors (Lipinski definition) is 2. The maximum absolute atomic E-state index is 12.8. The van der Waals surface area contributed by atoms with Crippen LogP contribution in [0.25, 0.3) is 0 Å². The molecule has 1 fully saturated rings. The second kappa shape index (κ2) is 11.4. The molecule has 2 N–H and O–H groups in total. The van der Waals surface area contributed by atoms with E-state index < -0.39 is 5.60 Å². The number of carbonyl (C=O) groups excluding carboxylic acids is 1. The number of aliphatic hydroxyl groups is 1. The molecule has 2 heterocycles. The van der Waals surface area contributed by atoms with Gasteiger partial charge in [0.2, 0.25) is 5.91 Å². The monoisotopic (exact) mass is 455 g/mol. The van der Waals surface area contributed by atoms with Crippen molar-refractivity contribution in [3.05, 3.63) is 58.6 Å². The van der Waals surface area contributed by atoms with E-state index in [1.54, 1.807) is 0 Å². The topological polar surface area (TPSA) is 90.7 Å². The summed E-state index contributed by atoms with van der Waals surface area (Å²) in [6.07, 6.45) is 3.78. The molecule has 0 saturated carbocycles. The Kier molecular flexibility index (Phi) is 8.63. The summed E-state index contributed by atoms with van der Waals surface area (Å²) in [5.41, 5.74) is -0.0563. The minimum atomic E-state index is -1.02. The largest absolute Gasteiger partial charge is 0.388 e. The molecule has 1 aromatic carbocycles. The summed E-state index contributed by atoms with van der Waals surface area (Å²) in [5, 5.41) is 14.2. The van der Waals surface area contributed by atoms with Gasteiger partial charge in [-0.1, -0.05) is 37.3 Å².